The highest BCUT2D eigenvalue weighted by molar-refractivity contribution is 6.06. The van der Waals surface area contributed by atoms with E-state index in [1.165, 1.54) is 18.1 Å². The Kier molecular flexibility index (Phi) is 16.9. The largest absolute Gasteiger partial charge is 0.499 e. The minimum absolute atomic E-state index is 0.0224. The number of esters is 1. The van der Waals surface area contributed by atoms with Gasteiger partial charge in [-0.2, -0.15) is 0 Å². The topological polar surface area (TPSA) is 169 Å². The quantitative estimate of drug-likeness (QED) is 0.165. The van der Waals surface area contributed by atoms with E-state index in [-0.39, 0.29) is 42.0 Å². The molecule has 0 aliphatic carbocycles. The minimum Gasteiger partial charge on any atom is -0.499 e. The summed E-state index contributed by atoms with van der Waals surface area (Å²) in [5, 5.41) is 14.8. The van der Waals surface area contributed by atoms with Crippen LogP contribution in [0.5, 0.6) is 0 Å². The van der Waals surface area contributed by atoms with Crippen LogP contribution < -0.4 is 5.32 Å². The number of hydrogen-bond donors (Lipinski definition) is 2. The van der Waals surface area contributed by atoms with Crippen molar-refractivity contribution in [2.24, 2.45) is 23.7 Å². The number of imide groups is 1. The Hall–Kier alpha value is -4.34. The molecule has 2 N–H and O–H groups in total. The number of rotatable bonds is 18. The van der Waals surface area contributed by atoms with Gasteiger partial charge in [0.25, 0.3) is 11.8 Å². The lowest BCUT2D eigenvalue weighted by Gasteiger charge is -2.42. The Labute approximate surface area is 356 Å². The van der Waals surface area contributed by atoms with Crippen LogP contribution in [-0.4, -0.2) is 155 Å². The van der Waals surface area contributed by atoms with E-state index in [4.69, 9.17) is 9.47 Å². The number of likely N-dealkylation sites (N-methyl/N-ethyl adjacent to an activating group) is 2. The molecule has 3 heterocycles. The van der Waals surface area contributed by atoms with Gasteiger partial charge in [-0.25, -0.2) is 4.79 Å². The lowest BCUT2D eigenvalue weighted by Crippen LogP contribution is -2.62. The number of methoxy groups -OCH3 is 1. The maximum absolute atomic E-state index is 14.5. The number of amides is 5. The zero-order valence-corrected chi connectivity index (χ0v) is 37.8. The highest BCUT2D eigenvalue weighted by atomic mass is 16.6. The van der Waals surface area contributed by atoms with Crippen LogP contribution in [0.4, 0.5) is 0 Å². The van der Waals surface area contributed by atoms with Gasteiger partial charge in [-0.3, -0.25) is 38.7 Å². The fraction of sp³-hybridized carbons (Fsp3) is 0.689. The van der Waals surface area contributed by atoms with Gasteiger partial charge in [0.2, 0.25) is 17.7 Å². The first-order valence-corrected chi connectivity index (χ1v) is 21.6. The molecule has 2 unspecified atom stereocenters. The minimum atomic E-state index is -1.31. The standard InChI is InChI=1S/C45H70N6O9/c1-26(2)36(46-40(53)37(27(3)4)47(9)10)42(55)48(11)38(28(5)6)43(56)49-22-16-20-31(49)41(54)50-23-17-21-32(50)45(58)60-39(29(7)8)44(57)51-33(34(59-12)25-35(51)52)24-30-18-14-13-15-19-30/h13-15,18-19,25-29,31-33,36-39,42,55H,16-17,20-24H2,1-12H3,(H,46,53)/t31-,32-,33-,36?,37-,38-,39?,42-/m0/s1. The highest BCUT2D eigenvalue weighted by Gasteiger charge is 2.48. The molecule has 0 bridgehead atoms. The summed E-state index contributed by atoms with van der Waals surface area (Å²) in [6.07, 6.45) is 0.886. The van der Waals surface area contributed by atoms with Crippen LogP contribution in [0.25, 0.3) is 0 Å². The third kappa shape index (κ3) is 10.7. The zero-order valence-electron chi connectivity index (χ0n) is 37.8. The van der Waals surface area contributed by atoms with Crippen molar-refractivity contribution in [2.45, 2.75) is 136 Å². The van der Waals surface area contributed by atoms with Gasteiger partial charge < -0.3 is 29.7 Å². The molecule has 3 aliphatic heterocycles. The van der Waals surface area contributed by atoms with Crippen LogP contribution in [0.2, 0.25) is 0 Å². The molecule has 0 aromatic heterocycles. The van der Waals surface area contributed by atoms with Gasteiger partial charge in [0.15, 0.2) is 6.10 Å². The van der Waals surface area contributed by atoms with Crippen LogP contribution in [0.15, 0.2) is 42.2 Å². The second-order valence-electron chi connectivity index (χ2n) is 18.2. The van der Waals surface area contributed by atoms with Gasteiger partial charge in [0.05, 0.1) is 25.2 Å². The second kappa shape index (κ2) is 21.0. The van der Waals surface area contributed by atoms with Gasteiger partial charge >= 0.3 is 5.97 Å². The molecule has 334 valence electrons. The maximum atomic E-state index is 14.5. The van der Waals surface area contributed by atoms with E-state index >= 15 is 0 Å². The molecule has 0 spiro atoms. The average molecular weight is 839 g/mol. The Morgan fingerprint density at radius 2 is 1.38 bits per heavy atom. The van der Waals surface area contributed by atoms with Gasteiger partial charge in [-0.05, 0) is 76.1 Å². The van der Waals surface area contributed by atoms with Gasteiger partial charge in [0, 0.05) is 25.6 Å². The molecule has 8 atom stereocenters. The van der Waals surface area contributed by atoms with Crippen molar-refractivity contribution in [1.29, 1.82) is 0 Å². The Bertz CT molecular complexity index is 1710. The molecule has 60 heavy (non-hydrogen) atoms. The lowest BCUT2D eigenvalue weighted by molar-refractivity contribution is -0.170. The number of carbonyl (C=O) groups is 6. The Morgan fingerprint density at radius 1 is 0.800 bits per heavy atom. The number of likely N-dealkylation sites (tertiary alicyclic amines) is 2. The van der Waals surface area contributed by atoms with Crippen molar-refractivity contribution in [3.05, 3.63) is 47.7 Å². The molecule has 5 amide bonds. The molecule has 1 aromatic carbocycles. The van der Waals surface area contributed by atoms with E-state index in [1.54, 1.807) is 30.7 Å². The number of nitrogens with zero attached hydrogens (tertiary/aromatic N) is 5. The molecule has 2 fully saturated rings. The number of hydrogen-bond acceptors (Lipinski definition) is 11. The molecule has 15 nitrogen and oxygen atoms in total. The lowest BCUT2D eigenvalue weighted by atomic mass is 9.95. The molecule has 15 heteroatoms. The molecule has 0 radical (unpaired) electrons. The third-order valence-corrected chi connectivity index (χ3v) is 12.2. The van der Waals surface area contributed by atoms with E-state index in [2.05, 4.69) is 5.32 Å². The normalized spacial score (nSPS) is 22.2. The summed E-state index contributed by atoms with van der Waals surface area (Å²) in [5.74, 6) is -3.47. The van der Waals surface area contributed by atoms with Gasteiger partial charge in [-0.15, -0.1) is 0 Å². The first kappa shape index (κ1) is 48.3. The summed E-state index contributed by atoms with van der Waals surface area (Å²) in [4.78, 5) is 91.4. The van der Waals surface area contributed by atoms with Crippen LogP contribution >= 0.6 is 0 Å². The van der Waals surface area contributed by atoms with Gasteiger partial charge in [0.1, 0.15) is 30.1 Å². The van der Waals surface area contributed by atoms with E-state index in [9.17, 15) is 33.9 Å². The maximum Gasteiger partial charge on any atom is 0.329 e. The molecule has 3 aliphatic rings. The summed E-state index contributed by atoms with van der Waals surface area (Å²) in [5.41, 5.74) is 0.891. The zero-order chi connectivity index (χ0) is 44.7. The van der Waals surface area contributed by atoms with E-state index < -0.39 is 72.3 Å². The van der Waals surface area contributed by atoms with Crippen molar-refractivity contribution < 1.29 is 43.3 Å². The van der Waals surface area contributed by atoms with Crippen LogP contribution in [0, 0.1) is 23.7 Å². The monoisotopic (exact) mass is 839 g/mol. The third-order valence-electron chi connectivity index (χ3n) is 12.2. The summed E-state index contributed by atoms with van der Waals surface area (Å²) in [7, 11) is 6.79. The number of carbonyl (C=O) groups excluding carboxylic acids is 6. The van der Waals surface area contributed by atoms with Crippen molar-refractivity contribution >= 4 is 35.5 Å². The van der Waals surface area contributed by atoms with Crippen molar-refractivity contribution in [3.63, 3.8) is 0 Å². The SMILES string of the molecule is COC1=CC(=O)N(C(=O)C(OC(=O)[C@@H]2CCCN2C(=O)[C@@H]2CCCN2C(=O)[C@H](C(C)C)N(C)[C@@H](O)C(NC(=O)[C@H](C(C)C)N(C)C)C(C)C)C(C)C)[C@H]1Cc1ccccc1. The van der Waals surface area contributed by atoms with E-state index in [0.717, 1.165) is 10.5 Å². The van der Waals surface area contributed by atoms with E-state index in [1.807, 2.05) is 90.9 Å². The second-order valence-corrected chi connectivity index (χ2v) is 18.2. The fourth-order valence-electron chi connectivity index (χ4n) is 9.11. The molecule has 2 saturated heterocycles. The fourth-order valence-corrected chi connectivity index (χ4v) is 9.11. The Morgan fingerprint density at radius 3 is 1.92 bits per heavy atom. The van der Waals surface area contributed by atoms with Crippen LogP contribution in [0.3, 0.4) is 0 Å². The molecule has 1 aromatic rings. The predicted octanol–water partition coefficient (Wildman–Crippen LogP) is 3.05. The van der Waals surface area contributed by atoms with Crippen LogP contribution in [0.1, 0.15) is 86.6 Å². The molecular formula is C45H70N6O9. The summed E-state index contributed by atoms with van der Waals surface area (Å²) < 4.78 is 11.5. The number of aliphatic hydroxyl groups is 1. The summed E-state index contributed by atoms with van der Waals surface area (Å²) in [6, 6.07) is 4.92. The number of aliphatic hydroxyl groups excluding tert-OH is 1. The molecular weight excluding hydrogens is 769 g/mol. The first-order valence-electron chi connectivity index (χ1n) is 21.6. The Balaban J connectivity index is 1.50. The number of nitrogens with one attached hydrogen (secondary N) is 1. The smallest absolute Gasteiger partial charge is 0.329 e. The number of ether oxygens (including phenoxy) is 2. The van der Waals surface area contributed by atoms with Crippen molar-refractivity contribution in [1.82, 2.24) is 29.8 Å². The van der Waals surface area contributed by atoms with Crippen molar-refractivity contribution in [3.8, 4) is 0 Å². The predicted molar refractivity (Wildman–Crippen MR) is 227 cm³/mol. The molecule has 0 saturated carbocycles. The average Bonchev–Trinajstić information content (AvgIpc) is 3.94. The van der Waals surface area contributed by atoms with Gasteiger partial charge in [-0.1, -0.05) is 85.7 Å². The van der Waals surface area contributed by atoms with E-state index in [0.29, 0.717) is 44.4 Å². The van der Waals surface area contributed by atoms with Crippen LogP contribution in [-0.2, 0) is 44.7 Å². The highest BCUT2D eigenvalue weighted by Crippen LogP contribution is 2.31. The van der Waals surface area contributed by atoms with Crippen molar-refractivity contribution in [2.75, 3.05) is 41.3 Å². The summed E-state index contributed by atoms with van der Waals surface area (Å²) >= 11 is 0. The first-order chi connectivity index (χ1) is 28.2. The number of benzene rings is 1. The molecule has 4 rings (SSSR count). The summed E-state index contributed by atoms with van der Waals surface area (Å²) in [6.45, 7) is 15.6.